The fourth-order valence-electron chi connectivity index (χ4n) is 2.90. The van der Waals surface area contributed by atoms with Crippen LogP contribution in [-0.4, -0.2) is 32.6 Å². The van der Waals surface area contributed by atoms with E-state index in [0.29, 0.717) is 34.8 Å². The molecule has 0 bridgehead atoms. The molecule has 7 nitrogen and oxygen atoms in total. The van der Waals surface area contributed by atoms with Gasteiger partial charge in [-0.05, 0) is 38.3 Å². The smallest absolute Gasteiger partial charge is 0.322 e. The summed E-state index contributed by atoms with van der Waals surface area (Å²) < 4.78 is 5.42. The monoisotopic (exact) mass is 363 g/mol. The molecule has 0 saturated carbocycles. The number of urea groups is 1. The van der Waals surface area contributed by atoms with E-state index < -0.39 is 0 Å². The first-order valence-electron chi connectivity index (χ1n) is 8.50. The molecule has 0 spiro atoms. The molecule has 3 heterocycles. The van der Waals surface area contributed by atoms with Crippen LogP contribution >= 0.6 is 11.6 Å². The van der Waals surface area contributed by atoms with Gasteiger partial charge in [0.1, 0.15) is 11.2 Å². The number of amides is 2. The lowest BCUT2D eigenvalue weighted by Gasteiger charge is -2.33. The lowest BCUT2D eigenvalue weighted by atomic mass is 10.0. The Morgan fingerprint density at radius 1 is 1.36 bits per heavy atom. The fourth-order valence-corrected chi connectivity index (χ4v) is 3.09. The Hall–Kier alpha value is -2.15. The van der Waals surface area contributed by atoms with Crippen LogP contribution in [0.2, 0.25) is 5.15 Å². The molecule has 3 rings (SSSR count). The number of halogens is 1. The van der Waals surface area contributed by atoms with E-state index in [2.05, 4.69) is 20.4 Å². The number of hydrogen-bond acceptors (Lipinski definition) is 5. The number of carbonyl (C=O) groups excluding carboxylic acids is 1. The second kappa shape index (κ2) is 7.39. The van der Waals surface area contributed by atoms with Crippen molar-refractivity contribution in [2.45, 2.75) is 52.0 Å². The van der Waals surface area contributed by atoms with Gasteiger partial charge < -0.3 is 14.7 Å². The van der Waals surface area contributed by atoms with Crippen LogP contribution < -0.4 is 5.32 Å². The van der Waals surface area contributed by atoms with Crippen LogP contribution in [0, 0.1) is 6.92 Å². The Bertz CT molecular complexity index is 761. The van der Waals surface area contributed by atoms with Gasteiger partial charge in [-0.2, -0.15) is 4.98 Å². The van der Waals surface area contributed by atoms with Gasteiger partial charge in [-0.25, -0.2) is 9.78 Å². The van der Waals surface area contributed by atoms with Crippen molar-refractivity contribution in [2.24, 2.45) is 0 Å². The Kier molecular flexibility index (Phi) is 5.22. The summed E-state index contributed by atoms with van der Waals surface area (Å²) in [5.74, 6) is 1.36. The van der Waals surface area contributed by atoms with Gasteiger partial charge in [0.25, 0.3) is 0 Å². The molecule has 2 aromatic rings. The van der Waals surface area contributed by atoms with Gasteiger partial charge in [-0.15, -0.1) is 0 Å². The van der Waals surface area contributed by atoms with E-state index in [-0.39, 0.29) is 18.0 Å². The van der Waals surface area contributed by atoms with Crippen LogP contribution in [0.15, 0.2) is 16.7 Å². The van der Waals surface area contributed by atoms with Gasteiger partial charge in [0.05, 0.1) is 11.4 Å². The van der Waals surface area contributed by atoms with Crippen LogP contribution in [0.25, 0.3) is 0 Å². The van der Waals surface area contributed by atoms with Crippen LogP contribution in [-0.2, 0) is 0 Å². The number of rotatable bonds is 3. The Balaban J connectivity index is 1.78. The van der Waals surface area contributed by atoms with Gasteiger partial charge >= 0.3 is 6.03 Å². The third kappa shape index (κ3) is 3.92. The van der Waals surface area contributed by atoms with Gasteiger partial charge in [-0.3, -0.25) is 0 Å². The summed E-state index contributed by atoms with van der Waals surface area (Å²) in [4.78, 5) is 23.2. The molecule has 1 aliphatic heterocycles. The first-order valence-corrected chi connectivity index (χ1v) is 8.87. The van der Waals surface area contributed by atoms with E-state index in [1.54, 1.807) is 17.0 Å². The molecule has 0 unspecified atom stereocenters. The molecule has 1 saturated heterocycles. The lowest BCUT2D eigenvalue weighted by Crippen LogP contribution is -2.41. The first kappa shape index (κ1) is 17.7. The average molecular weight is 364 g/mol. The number of aryl methyl sites for hydroxylation is 1. The molecule has 134 valence electrons. The van der Waals surface area contributed by atoms with Gasteiger partial charge in [0.2, 0.25) is 5.89 Å². The van der Waals surface area contributed by atoms with Gasteiger partial charge in [0, 0.05) is 12.5 Å². The number of aromatic nitrogens is 3. The number of likely N-dealkylation sites (tertiary alicyclic amines) is 1. The number of piperidine rings is 1. The third-order valence-corrected chi connectivity index (χ3v) is 4.53. The van der Waals surface area contributed by atoms with Gasteiger partial charge in [0.15, 0.2) is 5.82 Å². The number of pyridine rings is 1. The molecule has 0 aromatic carbocycles. The summed E-state index contributed by atoms with van der Waals surface area (Å²) in [6.45, 7) is 6.48. The summed E-state index contributed by atoms with van der Waals surface area (Å²) in [5, 5.41) is 7.34. The van der Waals surface area contributed by atoms with E-state index in [1.165, 1.54) is 0 Å². The standard InChI is InChI=1S/C17H22ClN5O2/c1-10(2)15-21-16(25-22-15)13-6-4-5-9-23(13)17(24)20-12-7-8-14(18)19-11(12)3/h7-8,10,13H,4-6,9H2,1-3H3,(H,20,24)/t13-/m0/s1. The zero-order valence-electron chi connectivity index (χ0n) is 14.6. The van der Waals surface area contributed by atoms with E-state index in [9.17, 15) is 4.79 Å². The van der Waals surface area contributed by atoms with Crippen LogP contribution in [0.3, 0.4) is 0 Å². The van der Waals surface area contributed by atoms with E-state index in [4.69, 9.17) is 16.1 Å². The largest absolute Gasteiger partial charge is 0.337 e. The van der Waals surface area contributed by atoms with E-state index >= 15 is 0 Å². The molecule has 1 N–H and O–H groups in total. The average Bonchev–Trinajstić information content (AvgIpc) is 3.07. The normalized spacial score (nSPS) is 17.8. The Labute approximate surface area is 151 Å². The predicted molar refractivity (Wildman–Crippen MR) is 94.7 cm³/mol. The predicted octanol–water partition coefficient (Wildman–Crippen LogP) is 4.31. The summed E-state index contributed by atoms with van der Waals surface area (Å²) in [7, 11) is 0. The molecule has 0 radical (unpaired) electrons. The zero-order chi connectivity index (χ0) is 18.0. The highest BCUT2D eigenvalue weighted by Gasteiger charge is 2.32. The molecule has 1 fully saturated rings. The van der Waals surface area contributed by atoms with Crippen LogP contribution in [0.4, 0.5) is 10.5 Å². The highest BCUT2D eigenvalue weighted by Crippen LogP contribution is 2.31. The van der Waals surface area contributed by atoms with Gasteiger partial charge in [-0.1, -0.05) is 30.6 Å². The fraction of sp³-hybridized carbons (Fsp3) is 0.529. The van der Waals surface area contributed by atoms with Crippen molar-refractivity contribution in [3.8, 4) is 0 Å². The molecule has 0 aliphatic carbocycles. The maximum Gasteiger partial charge on any atom is 0.322 e. The number of nitrogens with zero attached hydrogens (tertiary/aromatic N) is 4. The second-order valence-electron chi connectivity index (χ2n) is 6.55. The molecule has 1 atom stereocenters. The van der Waals surface area contributed by atoms with Crippen molar-refractivity contribution in [3.05, 3.63) is 34.7 Å². The molecule has 1 aliphatic rings. The number of carbonyl (C=O) groups is 1. The zero-order valence-corrected chi connectivity index (χ0v) is 15.4. The number of anilines is 1. The summed E-state index contributed by atoms with van der Waals surface area (Å²) in [5.41, 5.74) is 1.32. The maximum atomic E-state index is 12.8. The summed E-state index contributed by atoms with van der Waals surface area (Å²) in [6.07, 6.45) is 2.79. The minimum absolute atomic E-state index is 0.186. The molecule has 2 amide bonds. The minimum Gasteiger partial charge on any atom is -0.337 e. The molecule has 2 aromatic heterocycles. The lowest BCUT2D eigenvalue weighted by molar-refractivity contribution is 0.142. The molecular formula is C17H22ClN5O2. The molecule has 25 heavy (non-hydrogen) atoms. The van der Waals surface area contributed by atoms with E-state index in [1.807, 2.05) is 20.8 Å². The number of nitrogens with one attached hydrogen (secondary N) is 1. The minimum atomic E-state index is -0.200. The second-order valence-corrected chi connectivity index (χ2v) is 6.93. The maximum absolute atomic E-state index is 12.8. The summed E-state index contributed by atoms with van der Waals surface area (Å²) in [6, 6.07) is 3.02. The highest BCUT2D eigenvalue weighted by atomic mass is 35.5. The quantitative estimate of drug-likeness (QED) is 0.821. The van der Waals surface area contributed by atoms with Crippen molar-refractivity contribution in [1.82, 2.24) is 20.0 Å². The molecular weight excluding hydrogens is 342 g/mol. The third-order valence-electron chi connectivity index (χ3n) is 4.32. The number of hydrogen-bond donors (Lipinski definition) is 1. The van der Waals surface area contributed by atoms with Crippen molar-refractivity contribution < 1.29 is 9.32 Å². The van der Waals surface area contributed by atoms with Crippen molar-refractivity contribution in [3.63, 3.8) is 0 Å². The summed E-state index contributed by atoms with van der Waals surface area (Å²) >= 11 is 5.87. The topological polar surface area (TPSA) is 84.2 Å². The van der Waals surface area contributed by atoms with Crippen molar-refractivity contribution in [1.29, 1.82) is 0 Å². The molecule has 8 heteroatoms. The first-order chi connectivity index (χ1) is 12.0. The van der Waals surface area contributed by atoms with Crippen molar-refractivity contribution in [2.75, 3.05) is 11.9 Å². The SMILES string of the molecule is Cc1nc(Cl)ccc1NC(=O)N1CCCC[C@H]1c1nc(C(C)C)no1. The van der Waals surface area contributed by atoms with Crippen molar-refractivity contribution >= 4 is 23.3 Å². The van der Waals surface area contributed by atoms with Crippen LogP contribution in [0.1, 0.15) is 62.5 Å². The van der Waals surface area contributed by atoms with Crippen LogP contribution in [0.5, 0.6) is 0 Å². The Morgan fingerprint density at radius 3 is 2.84 bits per heavy atom. The van der Waals surface area contributed by atoms with E-state index in [0.717, 1.165) is 19.3 Å². The Morgan fingerprint density at radius 2 is 2.16 bits per heavy atom. The highest BCUT2D eigenvalue weighted by molar-refractivity contribution is 6.29.